The molecular formula is C52H38S2. The molecule has 4 saturated carbocycles. The van der Waals surface area contributed by atoms with Crippen LogP contribution >= 0.6 is 22.7 Å². The molecule has 7 aromatic carbocycles. The Kier molecular flexibility index (Phi) is 6.19. The minimum absolute atomic E-state index is 0.210. The molecule has 0 unspecified atom stereocenters. The molecule has 2 aromatic heterocycles. The van der Waals surface area contributed by atoms with E-state index in [9.17, 15) is 0 Å². The number of hydrogen-bond donors (Lipinski definition) is 0. The van der Waals surface area contributed by atoms with Gasteiger partial charge in [0.2, 0.25) is 0 Å². The van der Waals surface area contributed by atoms with E-state index in [-0.39, 0.29) is 5.41 Å². The smallest absolute Gasteiger partial charge is 0.0361 e. The quantitative estimate of drug-likeness (QED) is 0.170. The normalized spacial score (nSPS) is 23.6. The third-order valence-electron chi connectivity index (χ3n) is 14.2. The Morgan fingerprint density at radius 2 is 0.944 bits per heavy atom. The van der Waals surface area contributed by atoms with Crippen LogP contribution in [0.15, 0.2) is 146 Å². The SMILES string of the molecule is c1ccc(-c2cc(-c3ccc4c(c3)sc3ccccc34)cc(-c3ccc4sc5cc6c(cc5c4c3)-c3ccccc3C63C4CC5CC(C4)CC3C5)c2)cc1. The minimum Gasteiger partial charge on any atom is -0.135 e. The second-order valence-electron chi connectivity index (χ2n) is 16.9. The van der Waals surface area contributed by atoms with Gasteiger partial charge in [-0.3, -0.25) is 0 Å². The lowest BCUT2D eigenvalue weighted by molar-refractivity contribution is -0.0398. The summed E-state index contributed by atoms with van der Waals surface area (Å²) in [4.78, 5) is 0. The highest BCUT2D eigenvalue weighted by atomic mass is 32.1. The summed E-state index contributed by atoms with van der Waals surface area (Å²) < 4.78 is 5.54. The first-order chi connectivity index (χ1) is 26.7. The van der Waals surface area contributed by atoms with Crippen LogP contribution in [-0.4, -0.2) is 0 Å². The van der Waals surface area contributed by atoms with E-state index in [0.717, 1.165) is 23.7 Å². The molecule has 0 atom stereocenters. The second kappa shape index (κ2) is 11.0. The van der Waals surface area contributed by atoms with Gasteiger partial charge in [0.05, 0.1) is 0 Å². The molecule has 14 rings (SSSR count). The molecular weight excluding hydrogens is 689 g/mol. The standard InChI is InChI=1S/C52H38S2/c1-2-8-32(9-3-1)35-23-36(25-37(24-35)34-14-16-42-41-11-5-7-13-48(41)53-50(42)27-34)33-15-17-49-44(26-33)45-28-43-40-10-4-6-12-46(40)52(47(43)29-51(45)54-49)38-19-30-18-31(21-38)22-39(52)20-30/h1-17,23-31,38-39H,18-22H2. The lowest BCUT2D eigenvalue weighted by Crippen LogP contribution is -2.55. The maximum atomic E-state index is 2.68. The Hall–Kier alpha value is -5.02. The van der Waals surface area contributed by atoms with Crippen LogP contribution in [0, 0.1) is 23.7 Å². The highest BCUT2D eigenvalue weighted by Crippen LogP contribution is 2.69. The maximum Gasteiger partial charge on any atom is 0.0361 e. The van der Waals surface area contributed by atoms with Crippen LogP contribution in [0.5, 0.6) is 0 Å². The van der Waals surface area contributed by atoms with Gasteiger partial charge in [-0.05, 0) is 166 Å². The summed E-state index contributed by atoms with van der Waals surface area (Å²) in [6, 6.07) is 56.0. The van der Waals surface area contributed by atoms with E-state index in [1.165, 1.54) is 117 Å². The van der Waals surface area contributed by atoms with E-state index in [1.54, 1.807) is 11.1 Å². The van der Waals surface area contributed by atoms with Gasteiger partial charge in [-0.2, -0.15) is 0 Å². The molecule has 5 aliphatic rings. The summed E-state index contributed by atoms with van der Waals surface area (Å²) in [5.41, 5.74) is 14.1. The van der Waals surface area contributed by atoms with E-state index in [2.05, 4.69) is 146 Å². The molecule has 54 heavy (non-hydrogen) atoms. The van der Waals surface area contributed by atoms with E-state index in [0.29, 0.717) is 0 Å². The number of hydrogen-bond acceptors (Lipinski definition) is 2. The van der Waals surface area contributed by atoms with Gasteiger partial charge >= 0.3 is 0 Å². The zero-order valence-corrected chi connectivity index (χ0v) is 31.7. The predicted molar refractivity (Wildman–Crippen MR) is 232 cm³/mol. The zero-order chi connectivity index (χ0) is 35.1. The summed E-state index contributed by atoms with van der Waals surface area (Å²) in [6.07, 6.45) is 7.20. The molecule has 0 saturated heterocycles. The lowest BCUT2D eigenvalue weighted by atomic mass is 9.43. The topological polar surface area (TPSA) is 0 Å². The molecule has 1 spiro atoms. The first-order valence-corrected chi connectivity index (χ1v) is 21.5. The number of fused-ring (bicyclic) bond motifs is 9. The van der Waals surface area contributed by atoms with Gasteiger partial charge < -0.3 is 0 Å². The van der Waals surface area contributed by atoms with E-state index >= 15 is 0 Å². The second-order valence-corrected chi connectivity index (χ2v) is 19.1. The average molecular weight is 727 g/mol. The van der Waals surface area contributed by atoms with Crippen molar-refractivity contribution in [1.82, 2.24) is 0 Å². The molecule has 0 N–H and O–H groups in total. The van der Waals surface area contributed by atoms with Crippen LogP contribution < -0.4 is 0 Å². The van der Waals surface area contributed by atoms with Gasteiger partial charge in [-0.15, -0.1) is 22.7 Å². The van der Waals surface area contributed by atoms with E-state index in [4.69, 9.17) is 0 Å². The fourth-order valence-corrected chi connectivity index (χ4v) is 14.5. The molecule has 0 amide bonds. The molecule has 2 heteroatoms. The molecule has 2 heterocycles. The van der Waals surface area contributed by atoms with Crippen LogP contribution in [0.1, 0.15) is 43.2 Å². The predicted octanol–water partition coefficient (Wildman–Crippen LogP) is 15.1. The number of thiophene rings is 2. The van der Waals surface area contributed by atoms with Crippen molar-refractivity contribution in [3.05, 3.63) is 157 Å². The maximum absolute atomic E-state index is 2.68. The van der Waals surface area contributed by atoms with Crippen molar-refractivity contribution >= 4 is 63.0 Å². The first-order valence-electron chi connectivity index (χ1n) is 19.9. The van der Waals surface area contributed by atoms with Gasteiger partial charge in [0, 0.05) is 45.8 Å². The molecule has 9 aromatic rings. The van der Waals surface area contributed by atoms with Crippen LogP contribution in [0.25, 0.3) is 84.9 Å². The Balaban J connectivity index is 0.982. The largest absolute Gasteiger partial charge is 0.135 e. The Labute approximate surface area is 323 Å². The summed E-state index contributed by atoms with van der Waals surface area (Å²) in [6.45, 7) is 0. The highest BCUT2D eigenvalue weighted by Gasteiger charge is 2.61. The van der Waals surface area contributed by atoms with Crippen molar-refractivity contribution in [3.63, 3.8) is 0 Å². The summed E-state index contributed by atoms with van der Waals surface area (Å²) in [7, 11) is 0. The third-order valence-corrected chi connectivity index (χ3v) is 16.5. The fraction of sp³-hybridized carbons (Fsp3) is 0.192. The molecule has 0 aliphatic heterocycles. The minimum atomic E-state index is 0.210. The van der Waals surface area contributed by atoms with E-state index in [1.807, 2.05) is 22.7 Å². The Bertz CT molecular complexity index is 2980. The molecule has 0 radical (unpaired) electrons. The molecule has 0 nitrogen and oxygen atoms in total. The summed E-state index contributed by atoms with van der Waals surface area (Å²) in [5, 5.41) is 5.50. The van der Waals surface area contributed by atoms with Gasteiger partial charge in [0.25, 0.3) is 0 Å². The molecule has 4 bridgehead atoms. The molecule has 5 aliphatic carbocycles. The third kappa shape index (κ3) is 4.14. The van der Waals surface area contributed by atoms with Crippen LogP contribution in [0.2, 0.25) is 0 Å². The van der Waals surface area contributed by atoms with Crippen molar-refractivity contribution in [2.45, 2.75) is 37.5 Å². The number of benzene rings is 7. The first kappa shape index (κ1) is 30.3. The van der Waals surface area contributed by atoms with Gasteiger partial charge in [-0.1, -0.05) is 91.0 Å². The van der Waals surface area contributed by atoms with Crippen molar-refractivity contribution in [3.8, 4) is 44.5 Å². The highest BCUT2D eigenvalue weighted by molar-refractivity contribution is 7.26. The van der Waals surface area contributed by atoms with Crippen molar-refractivity contribution in [2.75, 3.05) is 0 Å². The van der Waals surface area contributed by atoms with E-state index < -0.39 is 0 Å². The van der Waals surface area contributed by atoms with Crippen LogP contribution in [0.4, 0.5) is 0 Å². The van der Waals surface area contributed by atoms with Crippen molar-refractivity contribution in [1.29, 1.82) is 0 Å². The van der Waals surface area contributed by atoms with Gasteiger partial charge in [0.1, 0.15) is 0 Å². The Morgan fingerprint density at radius 1 is 0.352 bits per heavy atom. The lowest BCUT2D eigenvalue weighted by Gasteiger charge is -2.61. The Morgan fingerprint density at radius 3 is 1.74 bits per heavy atom. The van der Waals surface area contributed by atoms with Gasteiger partial charge in [0.15, 0.2) is 0 Å². The van der Waals surface area contributed by atoms with Crippen LogP contribution in [-0.2, 0) is 5.41 Å². The van der Waals surface area contributed by atoms with Gasteiger partial charge in [-0.25, -0.2) is 0 Å². The summed E-state index contributed by atoms with van der Waals surface area (Å²) >= 11 is 3.89. The van der Waals surface area contributed by atoms with Crippen molar-refractivity contribution < 1.29 is 0 Å². The average Bonchev–Trinajstić information content (AvgIpc) is 3.86. The summed E-state index contributed by atoms with van der Waals surface area (Å²) in [5.74, 6) is 3.50. The molecule has 4 fully saturated rings. The van der Waals surface area contributed by atoms with Crippen LogP contribution in [0.3, 0.4) is 0 Å². The zero-order valence-electron chi connectivity index (χ0n) is 30.0. The monoisotopic (exact) mass is 726 g/mol. The number of rotatable bonds is 3. The molecule has 258 valence electrons. The fourth-order valence-electron chi connectivity index (χ4n) is 12.3. The van der Waals surface area contributed by atoms with Crippen molar-refractivity contribution in [2.24, 2.45) is 23.7 Å².